The van der Waals surface area contributed by atoms with E-state index in [1.807, 2.05) is 18.2 Å². The van der Waals surface area contributed by atoms with Gasteiger partial charge in [0.1, 0.15) is 37.9 Å². The zero-order chi connectivity index (χ0) is 16.7. The van der Waals surface area contributed by atoms with Crippen molar-refractivity contribution in [3.05, 3.63) is 48.0 Å². The van der Waals surface area contributed by atoms with Crippen LogP contribution in [0.5, 0.6) is 0 Å². The zero-order valence-corrected chi connectivity index (χ0v) is 14.3. The fourth-order valence-corrected chi connectivity index (χ4v) is 3.31. The minimum absolute atomic E-state index is 0.257. The first-order valence-electron chi connectivity index (χ1n) is 8.51. The Labute approximate surface area is 139 Å². The SMILES string of the molecule is C=CCc1ccccc1COC[C@@H](O)C[NH+]1C[C@@H](C)O[C@@H](C)C1. The average Bonchev–Trinajstić information content (AvgIpc) is 2.48. The molecule has 4 atom stereocenters. The largest absolute Gasteiger partial charge is 0.385 e. The number of hydrogen-bond donors (Lipinski definition) is 2. The first kappa shape index (κ1) is 18.1. The highest BCUT2D eigenvalue weighted by Gasteiger charge is 2.27. The van der Waals surface area contributed by atoms with Gasteiger partial charge in [0, 0.05) is 0 Å². The zero-order valence-electron chi connectivity index (χ0n) is 14.3. The van der Waals surface area contributed by atoms with Gasteiger partial charge in [0.2, 0.25) is 0 Å². The van der Waals surface area contributed by atoms with Gasteiger partial charge in [-0.15, -0.1) is 6.58 Å². The van der Waals surface area contributed by atoms with Crippen molar-refractivity contribution in [3.8, 4) is 0 Å². The predicted octanol–water partition coefficient (Wildman–Crippen LogP) is 0.985. The van der Waals surface area contributed by atoms with E-state index in [9.17, 15) is 5.11 Å². The number of aliphatic hydroxyl groups is 1. The van der Waals surface area contributed by atoms with Crippen molar-refractivity contribution in [3.63, 3.8) is 0 Å². The predicted molar refractivity (Wildman–Crippen MR) is 91.6 cm³/mol. The van der Waals surface area contributed by atoms with E-state index in [0.717, 1.165) is 19.5 Å². The first-order chi connectivity index (χ1) is 11.1. The van der Waals surface area contributed by atoms with Crippen LogP contribution in [0.15, 0.2) is 36.9 Å². The molecule has 23 heavy (non-hydrogen) atoms. The quantitative estimate of drug-likeness (QED) is 0.702. The molecule has 0 bridgehead atoms. The van der Waals surface area contributed by atoms with Crippen LogP contribution in [0.3, 0.4) is 0 Å². The van der Waals surface area contributed by atoms with Crippen molar-refractivity contribution in [2.45, 2.75) is 45.2 Å². The Morgan fingerprint density at radius 2 is 1.96 bits per heavy atom. The van der Waals surface area contributed by atoms with Gasteiger partial charge in [0.15, 0.2) is 0 Å². The third-order valence-corrected chi connectivity index (χ3v) is 4.19. The number of nitrogens with one attached hydrogen (secondary N) is 1. The summed E-state index contributed by atoms with van der Waals surface area (Å²) in [4.78, 5) is 1.39. The average molecular weight is 320 g/mol. The second-order valence-corrected chi connectivity index (χ2v) is 6.55. The van der Waals surface area contributed by atoms with Gasteiger partial charge in [0.25, 0.3) is 0 Å². The standard InChI is InChI=1S/C19H29NO3/c1-4-7-17-8-5-6-9-18(17)13-22-14-19(21)12-20-10-15(2)23-16(3)11-20/h4-6,8-9,15-16,19,21H,1,7,10-14H2,2-3H3/p+1/t15-,16+,19-/m0/s1. The van der Waals surface area contributed by atoms with E-state index in [1.165, 1.54) is 16.0 Å². The summed E-state index contributed by atoms with van der Waals surface area (Å²) in [6.45, 7) is 11.5. The third kappa shape index (κ3) is 6.07. The summed E-state index contributed by atoms with van der Waals surface area (Å²) >= 11 is 0. The van der Waals surface area contributed by atoms with Gasteiger partial charge in [-0.05, 0) is 31.4 Å². The van der Waals surface area contributed by atoms with E-state index in [-0.39, 0.29) is 12.2 Å². The smallest absolute Gasteiger partial charge is 0.126 e. The minimum atomic E-state index is -0.436. The van der Waals surface area contributed by atoms with Gasteiger partial charge in [-0.2, -0.15) is 0 Å². The van der Waals surface area contributed by atoms with Gasteiger partial charge in [-0.3, -0.25) is 0 Å². The second kappa shape index (κ2) is 9.18. The number of benzene rings is 1. The van der Waals surface area contributed by atoms with Crippen molar-refractivity contribution < 1.29 is 19.5 Å². The Bertz CT molecular complexity index is 481. The molecule has 1 aromatic carbocycles. The van der Waals surface area contributed by atoms with Crippen molar-refractivity contribution in [2.24, 2.45) is 0 Å². The molecule has 1 aromatic rings. The Kier molecular flexibility index (Phi) is 7.24. The van der Waals surface area contributed by atoms with Gasteiger partial charge in [-0.25, -0.2) is 0 Å². The molecule has 4 nitrogen and oxygen atoms in total. The van der Waals surface area contributed by atoms with E-state index in [4.69, 9.17) is 9.47 Å². The summed E-state index contributed by atoms with van der Waals surface area (Å²) in [5.41, 5.74) is 2.40. The van der Waals surface area contributed by atoms with E-state index >= 15 is 0 Å². The molecular weight excluding hydrogens is 290 g/mol. The molecule has 1 unspecified atom stereocenters. The summed E-state index contributed by atoms with van der Waals surface area (Å²) in [5, 5.41) is 10.2. The highest BCUT2D eigenvalue weighted by atomic mass is 16.5. The molecule has 1 aliphatic heterocycles. The van der Waals surface area contributed by atoms with Gasteiger partial charge >= 0.3 is 0 Å². The van der Waals surface area contributed by atoms with Crippen molar-refractivity contribution in [2.75, 3.05) is 26.2 Å². The first-order valence-corrected chi connectivity index (χ1v) is 8.51. The minimum Gasteiger partial charge on any atom is -0.385 e. The molecule has 0 spiro atoms. The fourth-order valence-electron chi connectivity index (χ4n) is 3.31. The van der Waals surface area contributed by atoms with Gasteiger partial charge in [0.05, 0.1) is 13.2 Å². The number of quaternary nitrogens is 1. The number of rotatable bonds is 8. The van der Waals surface area contributed by atoms with Crippen LogP contribution < -0.4 is 4.90 Å². The van der Waals surface area contributed by atoms with E-state index < -0.39 is 6.10 Å². The van der Waals surface area contributed by atoms with Crippen LogP contribution in [0, 0.1) is 0 Å². The molecule has 2 rings (SSSR count). The maximum absolute atomic E-state index is 10.2. The lowest BCUT2D eigenvalue weighted by molar-refractivity contribution is -0.918. The van der Waals surface area contributed by atoms with Crippen LogP contribution in [0.4, 0.5) is 0 Å². The van der Waals surface area contributed by atoms with Crippen LogP contribution in [0.1, 0.15) is 25.0 Å². The summed E-state index contributed by atoms with van der Waals surface area (Å²) < 4.78 is 11.5. The van der Waals surface area contributed by atoms with Crippen molar-refractivity contribution in [1.29, 1.82) is 0 Å². The number of hydrogen-bond acceptors (Lipinski definition) is 3. The van der Waals surface area contributed by atoms with E-state index in [2.05, 4.69) is 32.6 Å². The van der Waals surface area contributed by atoms with Crippen LogP contribution >= 0.6 is 0 Å². The van der Waals surface area contributed by atoms with Gasteiger partial charge < -0.3 is 19.5 Å². The molecule has 2 N–H and O–H groups in total. The van der Waals surface area contributed by atoms with Crippen LogP contribution in [-0.4, -0.2) is 49.7 Å². The Morgan fingerprint density at radius 1 is 1.30 bits per heavy atom. The molecule has 0 amide bonds. The van der Waals surface area contributed by atoms with E-state index in [0.29, 0.717) is 19.8 Å². The third-order valence-electron chi connectivity index (χ3n) is 4.19. The van der Waals surface area contributed by atoms with Crippen molar-refractivity contribution in [1.82, 2.24) is 0 Å². The molecule has 128 valence electrons. The lowest BCUT2D eigenvalue weighted by Crippen LogP contribution is -3.16. The monoisotopic (exact) mass is 320 g/mol. The molecule has 1 heterocycles. The lowest BCUT2D eigenvalue weighted by Gasteiger charge is -2.33. The highest BCUT2D eigenvalue weighted by molar-refractivity contribution is 5.28. The van der Waals surface area contributed by atoms with Crippen LogP contribution in [0.2, 0.25) is 0 Å². The normalized spacial score (nSPS) is 26.0. The maximum atomic E-state index is 10.2. The van der Waals surface area contributed by atoms with Crippen LogP contribution in [0.25, 0.3) is 0 Å². The number of ether oxygens (including phenoxy) is 2. The number of allylic oxidation sites excluding steroid dienone is 1. The summed E-state index contributed by atoms with van der Waals surface area (Å²) in [6.07, 6.45) is 2.82. The molecule has 4 heteroatoms. The molecule has 1 fully saturated rings. The molecule has 1 saturated heterocycles. The molecule has 0 aliphatic carbocycles. The molecule has 0 saturated carbocycles. The van der Waals surface area contributed by atoms with E-state index in [1.54, 1.807) is 0 Å². The molecule has 0 aromatic heterocycles. The maximum Gasteiger partial charge on any atom is 0.126 e. The fraction of sp³-hybridized carbons (Fsp3) is 0.579. The Hall–Kier alpha value is -1.20. The summed E-state index contributed by atoms with van der Waals surface area (Å²) in [7, 11) is 0. The highest BCUT2D eigenvalue weighted by Crippen LogP contribution is 2.11. The molecular formula is C19H30NO3+. The topological polar surface area (TPSA) is 43.1 Å². The number of morpholine rings is 1. The second-order valence-electron chi connectivity index (χ2n) is 6.55. The van der Waals surface area contributed by atoms with Gasteiger partial charge in [-0.1, -0.05) is 30.3 Å². The summed E-state index contributed by atoms with van der Waals surface area (Å²) in [6, 6.07) is 8.21. The Morgan fingerprint density at radius 3 is 2.61 bits per heavy atom. The lowest BCUT2D eigenvalue weighted by atomic mass is 10.1. The van der Waals surface area contributed by atoms with Crippen LogP contribution in [-0.2, 0) is 22.5 Å². The molecule has 0 radical (unpaired) electrons. The van der Waals surface area contributed by atoms with Crippen molar-refractivity contribution >= 4 is 0 Å². The number of aliphatic hydroxyl groups excluding tert-OH is 1. The summed E-state index contributed by atoms with van der Waals surface area (Å²) in [5.74, 6) is 0. The molecule has 1 aliphatic rings. The Balaban J connectivity index is 1.74.